The molecule has 4 aliphatic carbocycles. The van der Waals surface area contributed by atoms with E-state index in [0.29, 0.717) is 24.2 Å². The van der Waals surface area contributed by atoms with Crippen molar-refractivity contribution in [1.82, 2.24) is 4.90 Å². The Morgan fingerprint density at radius 3 is 2.53 bits per heavy atom. The van der Waals surface area contributed by atoms with Crippen LogP contribution >= 0.6 is 0 Å². The molecular weight excluding hydrogens is 426 g/mol. The first kappa shape index (κ1) is 25.2. The maximum atomic E-state index is 13.3. The van der Waals surface area contributed by atoms with Gasteiger partial charge < -0.3 is 9.64 Å². The van der Waals surface area contributed by atoms with E-state index in [1.807, 2.05) is 18.0 Å². The van der Waals surface area contributed by atoms with Crippen LogP contribution in [0.1, 0.15) is 92.4 Å². The van der Waals surface area contributed by atoms with Crippen LogP contribution in [0.2, 0.25) is 0 Å². The van der Waals surface area contributed by atoms with Gasteiger partial charge in [0.05, 0.1) is 6.42 Å². The van der Waals surface area contributed by atoms with Crippen molar-refractivity contribution in [3.63, 3.8) is 0 Å². The second-order valence-electron chi connectivity index (χ2n) is 12.0. The SMILES string of the molecule is CCCCN(C)C(=O)C[C@@]1(OC(C)=O)CCC2C3C=C(C)C4=CC(=O)CC[C@]4(C)C3CC[C@@]21C. The van der Waals surface area contributed by atoms with Crippen LogP contribution in [0.4, 0.5) is 0 Å². The minimum atomic E-state index is -0.743. The summed E-state index contributed by atoms with van der Waals surface area (Å²) in [7, 11) is 1.87. The van der Waals surface area contributed by atoms with E-state index < -0.39 is 5.60 Å². The van der Waals surface area contributed by atoms with Gasteiger partial charge in [0.1, 0.15) is 5.60 Å². The van der Waals surface area contributed by atoms with Crippen molar-refractivity contribution in [2.45, 2.75) is 98.0 Å². The van der Waals surface area contributed by atoms with Crippen LogP contribution < -0.4 is 0 Å². The Kier molecular flexibility index (Phi) is 6.63. The number of allylic oxidation sites excluding steroid dienone is 4. The van der Waals surface area contributed by atoms with Gasteiger partial charge in [-0.15, -0.1) is 0 Å². The summed E-state index contributed by atoms with van der Waals surface area (Å²) in [5.41, 5.74) is 1.53. The number of ketones is 1. The van der Waals surface area contributed by atoms with Gasteiger partial charge in [-0.2, -0.15) is 0 Å². The molecule has 0 N–H and O–H groups in total. The largest absolute Gasteiger partial charge is 0.458 e. The molecule has 0 aliphatic heterocycles. The van der Waals surface area contributed by atoms with Crippen LogP contribution in [0.15, 0.2) is 23.3 Å². The van der Waals surface area contributed by atoms with Crippen molar-refractivity contribution in [2.24, 2.45) is 28.6 Å². The Bertz CT molecular complexity index is 934. The highest BCUT2D eigenvalue weighted by molar-refractivity contribution is 5.92. The summed E-state index contributed by atoms with van der Waals surface area (Å²) in [4.78, 5) is 39.7. The van der Waals surface area contributed by atoms with Gasteiger partial charge in [0, 0.05) is 32.4 Å². The van der Waals surface area contributed by atoms with Gasteiger partial charge >= 0.3 is 5.97 Å². The molecule has 2 fully saturated rings. The molecule has 0 heterocycles. The molecule has 0 radical (unpaired) electrons. The molecular formula is C29H43NO4. The normalized spacial score (nSPS) is 38.8. The first-order valence-corrected chi connectivity index (χ1v) is 13.3. The lowest BCUT2D eigenvalue weighted by Crippen LogP contribution is -2.56. The van der Waals surface area contributed by atoms with Crippen molar-refractivity contribution in [3.05, 3.63) is 23.3 Å². The minimum Gasteiger partial charge on any atom is -0.458 e. The van der Waals surface area contributed by atoms with E-state index in [0.717, 1.165) is 51.5 Å². The average Bonchev–Trinajstić information content (AvgIpc) is 3.04. The third kappa shape index (κ3) is 3.87. The van der Waals surface area contributed by atoms with E-state index in [4.69, 9.17) is 4.74 Å². The molecule has 2 saturated carbocycles. The van der Waals surface area contributed by atoms with Crippen LogP contribution in [0.5, 0.6) is 0 Å². The van der Waals surface area contributed by atoms with Crippen LogP contribution in [0, 0.1) is 28.6 Å². The zero-order chi connectivity index (χ0) is 24.9. The first-order chi connectivity index (χ1) is 16.0. The molecule has 0 saturated heterocycles. The molecule has 0 aromatic rings. The lowest BCUT2D eigenvalue weighted by atomic mass is 9.47. The molecule has 1 amide bonds. The zero-order valence-electron chi connectivity index (χ0n) is 22.0. The van der Waals surface area contributed by atoms with Crippen molar-refractivity contribution in [2.75, 3.05) is 13.6 Å². The molecule has 0 aromatic carbocycles. The average molecular weight is 470 g/mol. The molecule has 0 spiro atoms. The van der Waals surface area contributed by atoms with E-state index >= 15 is 0 Å². The number of fused-ring (bicyclic) bond motifs is 5. The van der Waals surface area contributed by atoms with Gasteiger partial charge in [-0.1, -0.05) is 38.8 Å². The highest BCUT2D eigenvalue weighted by atomic mass is 16.6. The van der Waals surface area contributed by atoms with E-state index in [9.17, 15) is 14.4 Å². The van der Waals surface area contributed by atoms with Gasteiger partial charge in [-0.3, -0.25) is 14.4 Å². The number of amides is 1. The lowest BCUT2D eigenvalue weighted by molar-refractivity contribution is -0.184. The molecule has 188 valence electrons. The fourth-order valence-electron chi connectivity index (χ4n) is 8.18. The molecule has 0 bridgehead atoms. The Balaban J connectivity index is 1.68. The quantitative estimate of drug-likeness (QED) is 0.473. The second-order valence-corrected chi connectivity index (χ2v) is 12.0. The summed E-state index contributed by atoms with van der Waals surface area (Å²) in [6.45, 7) is 11.2. The van der Waals surface area contributed by atoms with Crippen LogP contribution in [0.3, 0.4) is 0 Å². The van der Waals surface area contributed by atoms with Crippen LogP contribution in [-0.2, 0) is 19.1 Å². The smallest absolute Gasteiger partial charge is 0.303 e. The highest BCUT2D eigenvalue weighted by Crippen LogP contribution is 2.68. The maximum absolute atomic E-state index is 13.3. The molecule has 4 rings (SSSR count). The molecule has 3 unspecified atom stereocenters. The molecule has 6 atom stereocenters. The number of unbranched alkanes of at least 4 members (excludes halogenated alkanes) is 1. The van der Waals surface area contributed by atoms with E-state index in [1.165, 1.54) is 18.1 Å². The number of rotatable bonds is 6. The Labute approximate surface area is 205 Å². The van der Waals surface area contributed by atoms with Crippen molar-refractivity contribution in [3.8, 4) is 0 Å². The predicted octanol–water partition coefficient (Wildman–Crippen LogP) is 5.63. The van der Waals surface area contributed by atoms with Crippen LogP contribution in [-0.4, -0.2) is 41.8 Å². The van der Waals surface area contributed by atoms with Gasteiger partial charge in [-0.25, -0.2) is 0 Å². The second kappa shape index (κ2) is 8.95. The zero-order valence-corrected chi connectivity index (χ0v) is 22.0. The first-order valence-electron chi connectivity index (χ1n) is 13.3. The summed E-state index contributed by atoms with van der Waals surface area (Å²) in [5, 5.41) is 0. The van der Waals surface area contributed by atoms with E-state index in [2.05, 4.69) is 33.8 Å². The van der Waals surface area contributed by atoms with Crippen molar-refractivity contribution in [1.29, 1.82) is 0 Å². The van der Waals surface area contributed by atoms with E-state index in [-0.39, 0.29) is 34.9 Å². The minimum absolute atomic E-state index is 0.0294. The Hall–Kier alpha value is -1.91. The predicted molar refractivity (Wildman–Crippen MR) is 133 cm³/mol. The number of esters is 1. The third-order valence-electron chi connectivity index (χ3n) is 10.2. The Morgan fingerprint density at radius 2 is 1.85 bits per heavy atom. The standard InChI is InChI=1S/C29H43NO4/c1-7-8-15-30(6)26(33)18-29(34-20(3)31)14-11-24-22-16-19(2)25-17-21(32)9-12-27(25,4)23(22)10-13-28(24,29)5/h16-17,22-24H,7-15,18H2,1-6H3/t22?,23?,24?,27-,28+,29+/m1/s1. The number of ether oxygens (including phenoxy) is 1. The lowest BCUT2D eigenvalue weighted by Gasteiger charge is -2.58. The maximum Gasteiger partial charge on any atom is 0.303 e. The summed E-state index contributed by atoms with van der Waals surface area (Å²) in [5.74, 6) is 1.29. The fraction of sp³-hybridized carbons (Fsp3) is 0.759. The number of carbonyl (C=O) groups excluding carboxylic acids is 3. The number of nitrogens with zero attached hydrogens (tertiary/aromatic N) is 1. The summed E-state index contributed by atoms with van der Waals surface area (Å²) < 4.78 is 6.19. The number of carbonyl (C=O) groups is 3. The fourth-order valence-corrected chi connectivity index (χ4v) is 8.18. The molecule has 0 aromatic heterocycles. The summed E-state index contributed by atoms with van der Waals surface area (Å²) >= 11 is 0. The van der Waals surface area contributed by atoms with Crippen molar-refractivity contribution < 1.29 is 19.1 Å². The summed E-state index contributed by atoms with van der Waals surface area (Å²) in [6.07, 6.45) is 11.9. The van der Waals surface area contributed by atoms with E-state index in [1.54, 1.807) is 0 Å². The Morgan fingerprint density at radius 1 is 1.15 bits per heavy atom. The van der Waals surface area contributed by atoms with Gasteiger partial charge in [0.15, 0.2) is 5.78 Å². The molecule has 4 aliphatic rings. The van der Waals surface area contributed by atoms with Gasteiger partial charge in [-0.05, 0) is 80.3 Å². The van der Waals surface area contributed by atoms with Gasteiger partial charge in [0.25, 0.3) is 0 Å². The molecule has 34 heavy (non-hydrogen) atoms. The highest BCUT2D eigenvalue weighted by Gasteiger charge is 2.66. The molecule has 5 nitrogen and oxygen atoms in total. The third-order valence-corrected chi connectivity index (χ3v) is 10.2. The van der Waals surface area contributed by atoms with Crippen molar-refractivity contribution >= 4 is 17.7 Å². The van der Waals surface area contributed by atoms with Crippen LogP contribution in [0.25, 0.3) is 0 Å². The topological polar surface area (TPSA) is 63.7 Å². The molecule has 5 heteroatoms. The number of hydrogen-bond donors (Lipinski definition) is 0. The van der Waals surface area contributed by atoms with Gasteiger partial charge in [0.2, 0.25) is 5.91 Å². The summed E-state index contributed by atoms with van der Waals surface area (Å²) in [6, 6.07) is 0. The number of hydrogen-bond acceptors (Lipinski definition) is 4. The monoisotopic (exact) mass is 469 g/mol.